The van der Waals surface area contributed by atoms with Gasteiger partial charge in [-0.2, -0.15) is 0 Å². The minimum atomic E-state index is 0.117. The molecule has 1 fully saturated rings. The maximum Gasteiger partial charge on any atom is 0.253 e. The maximum absolute atomic E-state index is 12.9. The van der Waals surface area contributed by atoms with E-state index in [0.717, 1.165) is 66.4 Å². The van der Waals surface area contributed by atoms with Crippen molar-refractivity contribution in [3.8, 4) is 0 Å². The first kappa shape index (κ1) is 16.3. The van der Waals surface area contributed by atoms with Crippen LogP contribution in [0.25, 0.3) is 10.2 Å². The molecule has 6 heteroatoms. The van der Waals surface area contributed by atoms with E-state index in [0.29, 0.717) is 0 Å². The first-order valence-corrected chi connectivity index (χ1v) is 9.47. The Morgan fingerprint density at radius 1 is 1.20 bits per heavy atom. The molecule has 4 rings (SSSR count). The van der Waals surface area contributed by atoms with Crippen LogP contribution < -0.4 is 0 Å². The average Bonchev–Trinajstić information content (AvgIpc) is 3.17. The highest BCUT2D eigenvalue weighted by molar-refractivity contribution is 7.16. The van der Waals surface area contributed by atoms with E-state index in [1.807, 2.05) is 47.7 Å². The monoisotopic (exact) mass is 355 g/mol. The van der Waals surface area contributed by atoms with Crippen molar-refractivity contribution in [3.63, 3.8) is 0 Å². The Morgan fingerprint density at radius 2 is 2.12 bits per heavy atom. The van der Waals surface area contributed by atoms with Crippen LogP contribution in [0.3, 0.4) is 0 Å². The second kappa shape index (κ2) is 6.98. The van der Waals surface area contributed by atoms with E-state index in [1.165, 1.54) is 0 Å². The van der Waals surface area contributed by atoms with E-state index in [1.54, 1.807) is 11.3 Å². The molecule has 0 spiro atoms. The summed E-state index contributed by atoms with van der Waals surface area (Å²) < 4.78 is 6.74. The zero-order valence-corrected chi connectivity index (χ0v) is 15.1. The molecule has 1 aromatic carbocycles. The Labute approximate surface area is 150 Å². The third-order valence-corrected chi connectivity index (χ3v) is 5.42. The molecule has 3 heterocycles. The minimum Gasteiger partial charge on any atom is -0.465 e. The number of benzene rings is 1. The molecule has 3 aromatic rings. The van der Waals surface area contributed by atoms with Crippen molar-refractivity contribution >= 4 is 27.5 Å². The quantitative estimate of drug-likeness (QED) is 0.721. The van der Waals surface area contributed by atoms with Crippen molar-refractivity contribution in [2.45, 2.75) is 19.9 Å². The van der Waals surface area contributed by atoms with Crippen molar-refractivity contribution in [1.29, 1.82) is 0 Å². The molecular formula is C19H21N3O2S. The van der Waals surface area contributed by atoms with Gasteiger partial charge in [-0.1, -0.05) is 0 Å². The Balaban J connectivity index is 1.42. The number of aryl methyl sites for hydroxylation is 1. The lowest BCUT2D eigenvalue weighted by atomic mass is 10.2. The highest BCUT2D eigenvalue weighted by Gasteiger charge is 2.21. The second-order valence-corrected chi connectivity index (χ2v) is 7.36. The molecule has 130 valence electrons. The van der Waals surface area contributed by atoms with Crippen molar-refractivity contribution in [3.05, 3.63) is 52.9 Å². The van der Waals surface area contributed by atoms with E-state index in [-0.39, 0.29) is 5.91 Å². The second-order valence-electron chi connectivity index (χ2n) is 6.47. The van der Waals surface area contributed by atoms with E-state index in [9.17, 15) is 4.79 Å². The molecule has 1 saturated heterocycles. The summed E-state index contributed by atoms with van der Waals surface area (Å²) in [6.07, 6.45) is 0.980. The van der Waals surface area contributed by atoms with Gasteiger partial charge < -0.3 is 9.32 Å². The summed E-state index contributed by atoms with van der Waals surface area (Å²) in [5.41, 5.74) is 3.53. The Hall–Kier alpha value is -2.18. The molecule has 1 amide bonds. The van der Waals surface area contributed by atoms with Crippen LogP contribution >= 0.6 is 11.3 Å². The van der Waals surface area contributed by atoms with Crippen LogP contribution in [0.2, 0.25) is 0 Å². The van der Waals surface area contributed by atoms with Gasteiger partial charge >= 0.3 is 0 Å². The van der Waals surface area contributed by atoms with Gasteiger partial charge in [0.05, 0.1) is 22.3 Å². The number of hydrogen-bond acceptors (Lipinski definition) is 5. The fourth-order valence-electron chi connectivity index (χ4n) is 3.29. The largest absolute Gasteiger partial charge is 0.465 e. The number of aromatic nitrogens is 1. The lowest BCUT2D eigenvalue weighted by Gasteiger charge is -2.21. The van der Waals surface area contributed by atoms with Gasteiger partial charge in [-0.05, 0) is 43.7 Å². The SMILES string of the molecule is Cc1ccc(CN2CCCN(C(=O)c3ccc4ncsc4c3)CC2)o1. The Bertz CT molecular complexity index is 886. The standard InChI is InChI=1S/C19H21N3O2S/c1-14-3-5-16(24-14)12-21-7-2-8-22(10-9-21)19(23)15-4-6-17-18(11-15)25-13-20-17/h3-6,11,13H,2,7-10,12H2,1H3. The van der Waals surface area contributed by atoms with Gasteiger partial charge in [-0.15, -0.1) is 11.3 Å². The number of carbonyl (C=O) groups excluding carboxylic acids is 1. The molecule has 0 aliphatic carbocycles. The fraction of sp³-hybridized carbons (Fsp3) is 0.368. The van der Waals surface area contributed by atoms with Gasteiger partial charge in [-0.25, -0.2) is 4.98 Å². The number of rotatable bonds is 3. The van der Waals surface area contributed by atoms with Crippen molar-refractivity contribution in [1.82, 2.24) is 14.8 Å². The van der Waals surface area contributed by atoms with Crippen LogP contribution in [0.15, 0.2) is 40.3 Å². The molecule has 5 nitrogen and oxygen atoms in total. The van der Waals surface area contributed by atoms with Gasteiger partial charge in [0.15, 0.2) is 0 Å². The van der Waals surface area contributed by atoms with Crippen LogP contribution in [-0.2, 0) is 6.54 Å². The Kier molecular flexibility index (Phi) is 4.55. The summed E-state index contributed by atoms with van der Waals surface area (Å²) in [4.78, 5) is 21.5. The van der Waals surface area contributed by atoms with Crippen LogP contribution in [-0.4, -0.2) is 46.9 Å². The summed E-state index contributed by atoms with van der Waals surface area (Å²) in [5, 5.41) is 0. The summed E-state index contributed by atoms with van der Waals surface area (Å²) >= 11 is 1.57. The number of thiazole rings is 1. The van der Waals surface area contributed by atoms with Crippen molar-refractivity contribution in [2.24, 2.45) is 0 Å². The third kappa shape index (κ3) is 3.60. The summed E-state index contributed by atoms with van der Waals surface area (Å²) in [5.74, 6) is 2.05. The molecule has 0 saturated carbocycles. The van der Waals surface area contributed by atoms with Gasteiger partial charge in [0.25, 0.3) is 5.91 Å². The highest BCUT2D eigenvalue weighted by atomic mass is 32.1. The first-order valence-electron chi connectivity index (χ1n) is 8.59. The van der Waals surface area contributed by atoms with E-state index in [2.05, 4.69) is 9.88 Å². The summed E-state index contributed by atoms with van der Waals surface area (Å²) in [6.45, 7) is 6.17. The molecule has 2 aromatic heterocycles. The van der Waals surface area contributed by atoms with Gasteiger partial charge in [0.2, 0.25) is 0 Å². The molecular weight excluding hydrogens is 334 g/mol. The molecule has 0 bridgehead atoms. The number of amides is 1. The molecule has 1 aliphatic heterocycles. The average molecular weight is 355 g/mol. The topological polar surface area (TPSA) is 49.6 Å². The van der Waals surface area contributed by atoms with Crippen molar-refractivity contribution < 1.29 is 9.21 Å². The lowest BCUT2D eigenvalue weighted by Crippen LogP contribution is -2.35. The summed E-state index contributed by atoms with van der Waals surface area (Å²) in [7, 11) is 0. The number of fused-ring (bicyclic) bond motifs is 1. The number of furan rings is 1. The van der Waals surface area contributed by atoms with Crippen LogP contribution in [0.4, 0.5) is 0 Å². The molecule has 0 unspecified atom stereocenters. The molecule has 0 atom stereocenters. The number of carbonyl (C=O) groups is 1. The molecule has 1 aliphatic rings. The normalized spacial score (nSPS) is 16.3. The first-order chi connectivity index (χ1) is 12.2. The third-order valence-electron chi connectivity index (χ3n) is 4.63. The van der Waals surface area contributed by atoms with E-state index >= 15 is 0 Å². The van der Waals surface area contributed by atoms with Crippen molar-refractivity contribution in [2.75, 3.05) is 26.2 Å². The van der Waals surface area contributed by atoms with Crippen LogP contribution in [0, 0.1) is 6.92 Å². The van der Waals surface area contributed by atoms with E-state index in [4.69, 9.17) is 4.42 Å². The van der Waals surface area contributed by atoms with E-state index < -0.39 is 0 Å². The highest BCUT2D eigenvalue weighted by Crippen LogP contribution is 2.20. The predicted octanol–water partition coefficient (Wildman–Crippen LogP) is 3.55. The number of hydrogen-bond donors (Lipinski definition) is 0. The van der Waals surface area contributed by atoms with Gasteiger partial charge in [0.1, 0.15) is 11.5 Å². The smallest absolute Gasteiger partial charge is 0.253 e. The van der Waals surface area contributed by atoms with Gasteiger partial charge in [0, 0.05) is 31.7 Å². The fourth-order valence-corrected chi connectivity index (χ4v) is 4.01. The Morgan fingerprint density at radius 3 is 2.96 bits per heavy atom. The van der Waals surface area contributed by atoms with Crippen LogP contribution in [0.5, 0.6) is 0 Å². The summed E-state index contributed by atoms with van der Waals surface area (Å²) in [6, 6.07) is 9.82. The maximum atomic E-state index is 12.9. The predicted molar refractivity (Wildman–Crippen MR) is 98.9 cm³/mol. The molecule has 0 N–H and O–H groups in total. The van der Waals surface area contributed by atoms with Gasteiger partial charge in [-0.3, -0.25) is 9.69 Å². The molecule has 25 heavy (non-hydrogen) atoms. The lowest BCUT2D eigenvalue weighted by molar-refractivity contribution is 0.0761. The molecule has 0 radical (unpaired) electrons. The minimum absolute atomic E-state index is 0.117. The number of nitrogens with zero attached hydrogens (tertiary/aromatic N) is 3. The van der Waals surface area contributed by atoms with Crippen LogP contribution in [0.1, 0.15) is 28.3 Å². The zero-order valence-electron chi connectivity index (χ0n) is 14.3. The zero-order chi connectivity index (χ0) is 17.2.